The first kappa shape index (κ1) is 25.4. The zero-order valence-corrected chi connectivity index (χ0v) is 21.0. The lowest BCUT2D eigenvalue weighted by Crippen LogP contribution is -2.44. The van der Waals surface area contributed by atoms with Gasteiger partial charge in [0.2, 0.25) is 5.91 Å². The van der Waals surface area contributed by atoms with Crippen molar-refractivity contribution < 1.29 is 23.9 Å². The van der Waals surface area contributed by atoms with E-state index in [1.165, 1.54) is 11.3 Å². The molecule has 0 radical (unpaired) electrons. The molecule has 0 saturated carbocycles. The summed E-state index contributed by atoms with van der Waals surface area (Å²) in [6, 6.07) is 6.76. The van der Waals surface area contributed by atoms with Gasteiger partial charge in [-0.15, -0.1) is 11.3 Å². The Morgan fingerprint density at radius 3 is 2.44 bits per heavy atom. The van der Waals surface area contributed by atoms with Gasteiger partial charge >= 0.3 is 12.0 Å². The molecule has 1 atom stereocenters. The lowest BCUT2D eigenvalue weighted by molar-refractivity contribution is -0.134. The molecule has 182 valence electrons. The number of imide groups is 1. The summed E-state index contributed by atoms with van der Waals surface area (Å²) < 4.78 is 5.19. The van der Waals surface area contributed by atoms with Crippen LogP contribution >= 0.6 is 11.3 Å². The molecule has 9 heteroatoms. The van der Waals surface area contributed by atoms with Crippen LogP contribution in [0, 0.1) is 12.8 Å². The molecule has 0 unspecified atom stereocenters. The predicted octanol–water partition coefficient (Wildman–Crippen LogP) is 4.23. The first-order valence-electron chi connectivity index (χ1n) is 11.4. The van der Waals surface area contributed by atoms with Crippen molar-refractivity contribution in [3.05, 3.63) is 51.9 Å². The van der Waals surface area contributed by atoms with Crippen LogP contribution in [0.25, 0.3) is 0 Å². The van der Waals surface area contributed by atoms with Crippen molar-refractivity contribution in [3.8, 4) is 0 Å². The number of carbonyl (C=O) groups excluding carboxylic acids is 4. The second-order valence-corrected chi connectivity index (χ2v) is 9.66. The minimum absolute atomic E-state index is 0.212. The van der Waals surface area contributed by atoms with E-state index in [1.807, 2.05) is 57.3 Å². The topological polar surface area (TPSA) is 105 Å². The molecular weight excluding hydrogens is 454 g/mol. The zero-order chi connectivity index (χ0) is 25.0. The highest BCUT2D eigenvalue weighted by Crippen LogP contribution is 2.34. The van der Waals surface area contributed by atoms with E-state index in [0.29, 0.717) is 34.9 Å². The second-order valence-electron chi connectivity index (χ2n) is 8.78. The van der Waals surface area contributed by atoms with E-state index in [-0.39, 0.29) is 6.61 Å². The molecule has 1 aromatic heterocycles. The van der Waals surface area contributed by atoms with E-state index in [4.69, 9.17) is 4.74 Å². The number of urea groups is 1. The molecule has 0 spiro atoms. The summed E-state index contributed by atoms with van der Waals surface area (Å²) in [7, 11) is 0. The van der Waals surface area contributed by atoms with Crippen LogP contribution in [-0.4, -0.2) is 41.9 Å². The predicted molar refractivity (Wildman–Crippen MR) is 131 cm³/mol. The Balaban J connectivity index is 1.80. The van der Waals surface area contributed by atoms with Gasteiger partial charge in [-0.3, -0.25) is 14.5 Å². The number of nitrogens with one attached hydrogen (secondary N) is 2. The summed E-state index contributed by atoms with van der Waals surface area (Å²) in [6.07, 6.45) is 0.998. The fraction of sp³-hybridized carbons (Fsp3) is 0.440. The van der Waals surface area contributed by atoms with Gasteiger partial charge in [0, 0.05) is 0 Å². The second kappa shape index (κ2) is 10.4. The van der Waals surface area contributed by atoms with Crippen LogP contribution in [0.5, 0.6) is 0 Å². The Morgan fingerprint density at radius 2 is 1.85 bits per heavy atom. The third-order valence-corrected chi connectivity index (χ3v) is 6.72. The van der Waals surface area contributed by atoms with Crippen molar-refractivity contribution in [3.63, 3.8) is 0 Å². The van der Waals surface area contributed by atoms with Crippen LogP contribution in [0.1, 0.15) is 61.2 Å². The number of hydrogen-bond acceptors (Lipinski definition) is 6. The van der Waals surface area contributed by atoms with Crippen molar-refractivity contribution in [2.45, 2.75) is 53.0 Å². The number of benzene rings is 1. The van der Waals surface area contributed by atoms with Crippen LogP contribution < -0.4 is 10.6 Å². The molecule has 0 aliphatic carbocycles. The van der Waals surface area contributed by atoms with Gasteiger partial charge < -0.3 is 15.4 Å². The molecule has 1 aromatic carbocycles. The molecule has 1 aliphatic rings. The number of hydrogen-bond donors (Lipinski definition) is 2. The Bertz CT molecular complexity index is 1090. The van der Waals surface area contributed by atoms with E-state index in [0.717, 1.165) is 16.0 Å². The van der Waals surface area contributed by atoms with E-state index >= 15 is 0 Å². The largest absolute Gasteiger partial charge is 0.462 e. The molecule has 2 aromatic rings. The fourth-order valence-electron chi connectivity index (χ4n) is 4.06. The number of ether oxygens (including phenoxy) is 1. The van der Waals surface area contributed by atoms with Crippen LogP contribution in [0.2, 0.25) is 0 Å². The summed E-state index contributed by atoms with van der Waals surface area (Å²) >= 11 is 1.23. The fourth-order valence-corrected chi connectivity index (χ4v) is 5.04. The molecule has 4 amide bonds. The number of amides is 4. The minimum Gasteiger partial charge on any atom is -0.462 e. The first-order valence-corrected chi connectivity index (χ1v) is 12.3. The number of aryl methyl sites for hydroxylation is 1. The van der Waals surface area contributed by atoms with Crippen LogP contribution in [0.3, 0.4) is 0 Å². The Morgan fingerprint density at radius 1 is 1.18 bits per heavy atom. The minimum atomic E-state index is -1.21. The SMILES string of the molecule is CCOC(=O)c1c(CC(C)C)csc1NC(=O)CN1C(=O)N[C@](CC)(c2ccc(C)cc2)C1=O. The van der Waals surface area contributed by atoms with Gasteiger partial charge in [0.25, 0.3) is 5.91 Å². The molecule has 1 aliphatic heterocycles. The monoisotopic (exact) mass is 485 g/mol. The van der Waals surface area contributed by atoms with Crippen LogP contribution in [-0.2, 0) is 26.3 Å². The highest BCUT2D eigenvalue weighted by molar-refractivity contribution is 7.15. The molecule has 2 heterocycles. The summed E-state index contributed by atoms with van der Waals surface area (Å²) in [5, 5.41) is 7.67. The molecule has 2 N–H and O–H groups in total. The van der Waals surface area contributed by atoms with Gasteiger partial charge in [0.1, 0.15) is 17.1 Å². The Hall–Kier alpha value is -3.20. The smallest absolute Gasteiger partial charge is 0.341 e. The molecule has 8 nitrogen and oxygen atoms in total. The Kier molecular flexibility index (Phi) is 7.76. The third-order valence-electron chi connectivity index (χ3n) is 5.78. The highest BCUT2D eigenvalue weighted by Gasteiger charge is 2.51. The summed E-state index contributed by atoms with van der Waals surface area (Å²) in [5.74, 6) is -1.24. The molecule has 3 rings (SSSR count). The molecule has 1 fully saturated rings. The van der Waals surface area contributed by atoms with Crippen LogP contribution in [0.4, 0.5) is 9.80 Å². The summed E-state index contributed by atoms with van der Waals surface area (Å²) in [5.41, 5.74) is 1.62. The van der Waals surface area contributed by atoms with E-state index in [9.17, 15) is 19.2 Å². The summed E-state index contributed by atoms with van der Waals surface area (Å²) in [4.78, 5) is 52.4. The maximum atomic E-state index is 13.3. The van der Waals surface area contributed by atoms with E-state index in [1.54, 1.807) is 6.92 Å². The van der Waals surface area contributed by atoms with Crippen molar-refractivity contribution in [2.75, 3.05) is 18.5 Å². The molecule has 34 heavy (non-hydrogen) atoms. The normalized spacial score (nSPS) is 17.8. The average Bonchev–Trinajstić information content (AvgIpc) is 3.27. The maximum Gasteiger partial charge on any atom is 0.341 e. The van der Waals surface area contributed by atoms with Gasteiger partial charge in [-0.05, 0) is 49.1 Å². The van der Waals surface area contributed by atoms with Gasteiger partial charge in [-0.2, -0.15) is 0 Å². The third kappa shape index (κ3) is 4.99. The van der Waals surface area contributed by atoms with E-state index < -0.39 is 35.9 Å². The number of rotatable bonds is 9. The highest BCUT2D eigenvalue weighted by atomic mass is 32.1. The number of esters is 1. The molecule has 0 bridgehead atoms. The molecular formula is C25H31N3O5S. The standard InChI is InChI=1S/C25H31N3O5S/c1-6-25(18-10-8-16(5)9-11-18)23(31)28(24(32)27-25)13-19(29)26-21-20(22(30)33-7-2)17(14-34-21)12-15(3)4/h8-11,14-15H,6-7,12-13H2,1-5H3,(H,26,29)(H,27,32)/t25-/m1/s1. The van der Waals surface area contributed by atoms with Crippen molar-refractivity contribution in [1.29, 1.82) is 0 Å². The number of carbonyl (C=O) groups is 4. The Labute approximate surface area is 203 Å². The number of thiophene rings is 1. The van der Waals surface area contributed by atoms with Gasteiger partial charge in [0.15, 0.2) is 0 Å². The lowest BCUT2D eigenvalue weighted by Gasteiger charge is -2.25. The average molecular weight is 486 g/mol. The van der Waals surface area contributed by atoms with Gasteiger partial charge in [-0.1, -0.05) is 50.6 Å². The van der Waals surface area contributed by atoms with Crippen molar-refractivity contribution >= 4 is 40.2 Å². The quantitative estimate of drug-likeness (QED) is 0.409. The summed E-state index contributed by atoms with van der Waals surface area (Å²) in [6.45, 7) is 9.30. The molecule has 1 saturated heterocycles. The van der Waals surface area contributed by atoms with Gasteiger partial charge in [-0.25, -0.2) is 9.59 Å². The van der Waals surface area contributed by atoms with Crippen molar-refractivity contribution in [2.24, 2.45) is 5.92 Å². The zero-order valence-electron chi connectivity index (χ0n) is 20.2. The number of nitrogens with zero attached hydrogens (tertiary/aromatic N) is 1. The van der Waals surface area contributed by atoms with Gasteiger partial charge in [0.05, 0.1) is 12.2 Å². The van der Waals surface area contributed by atoms with E-state index in [2.05, 4.69) is 10.6 Å². The number of anilines is 1. The maximum absolute atomic E-state index is 13.3. The van der Waals surface area contributed by atoms with Crippen molar-refractivity contribution in [1.82, 2.24) is 10.2 Å². The lowest BCUT2D eigenvalue weighted by atomic mass is 9.87. The van der Waals surface area contributed by atoms with Crippen LogP contribution in [0.15, 0.2) is 29.6 Å². The first-order chi connectivity index (χ1) is 16.1.